The molecular weight excluding hydrogens is 366 g/mol. The van der Waals surface area contributed by atoms with Crippen LogP contribution in [0.25, 0.3) is 22.2 Å². The van der Waals surface area contributed by atoms with Gasteiger partial charge in [-0.25, -0.2) is 4.79 Å². The molecule has 2 aliphatic heterocycles. The Kier molecular flexibility index (Phi) is 4.47. The van der Waals surface area contributed by atoms with Gasteiger partial charge in [-0.3, -0.25) is 9.67 Å². The first-order valence-electron chi connectivity index (χ1n) is 10.1. The monoisotopic (exact) mass is 391 g/mol. The van der Waals surface area contributed by atoms with Crippen LogP contribution in [0, 0.1) is 0 Å². The van der Waals surface area contributed by atoms with E-state index in [1.54, 1.807) is 7.11 Å². The number of ether oxygens (including phenoxy) is 1. The summed E-state index contributed by atoms with van der Waals surface area (Å²) in [5.74, 6) is 0. The summed E-state index contributed by atoms with van der Waals surface area (Å²) < 4.78 is 7.14. The Balaban J connectivity index is 1.38. The van der Waals surface area contributed by atoms with Gasteiger partial charge in [-0.15, -0.1) is 0 Å². The van der Waals surface area contributed by atoms with E-state index in [0.29, 0.717) is 13.2 Å². The molecule has 4 heterocycles. The number of rotatable bonds is 4. The van der Waals surface area contributed by atoms with Crippen molar-refractivity contribution in [2.45, 2.75) is 24.8 Å². The number of likely N-dealkylation sites (tertiary alicyclic amines) is 1. The van der Waals surface area contributed by atoms with Crippen LogP contribution < -0.4 is 5.32 Å². The summed E-state index contributed by atoms with van der Waals surface area (Å²) in [6.45, 7) is 3.48. The summed E-state index contributed by atoms with van der Waals surface area (Å²) in [6.07, 6.45) is 3.91. The Labute approximate surface area is 169 Å². The number of carbonyl (C=O) groups is 1. The fraction of sp³-hybridized carbons (Fsp3) is 0.409. The lowest BCUT2D eigenvalue weighted by atomic mass is 9.82. The number of methoxy groups -OCH3 is 1. The number of nitrogens with zero attached hydrogens (tertiary/aromatic N) is 4. The molecule has 3 aromatic rings. The van der Waals surface area contributed by atoms with Crippen molar-refractivity contribution in [3.8, 4) is 11.3 Å². The third-order valence-corrected chi connectivity index (χ3v) is 6.24. The zero-order chi connectivity index (χ0) is 19.8. The van der Waals surface area contributed by atoms with E-state index >= 15 is 0 Å². The number of nitrogens with one attached hydrogen (secondary N) is 1. The number of aryl methyl sites for hydroxylation is 1. The number of carbonyl (C=O) groups excluding carboxylic acids is 1. The van der Waals surface area contributed by atoms with Crippen LogP contribution in [-0.2, 0) is 16.7 Å². The van der Waals surface area contributed by atoms with Crippen LogP contribution in [0.4, 0.5) is 4.79 Å². The van der Waals surface area contributed by atoms with Crippen LogP contribution in [0.2, 0.25) is 0 Å². The highest BCUT2D eigenvalue weighted by molar-refractivity contribution is 5.82. The Hall–Kier alpha value is -2.93. The smallest absolute Gasteiger partial charge is 0.317 e. The number of benzene rings is 1. The molecule has 0 bridgehead atoms. The molecule has 1 N–H and O–H groups in total. The zero-order valence-corrected chi connectivity index (χ0v) is 16.6. The summed E-state index contributed by atoms with van der Waals surface area (Å²) in [6, 6.07) is 12.5. The third-order valence-electron chi connectivity index (χ3n) is 6.24. The predicted octanol–water partition coefficient (Wildman–Crippen LogP) is 2.80. The van der Waals surface area contributed by atoms with E-state index in [-0.39, 0.29) is 11.4 Å². The van der Waals surface area contributed by atoms with Crippen molar-refractivity contribution in [2.75, 3.05) is 33.4 Å². The highest BCUT2D eigenvalue weighted by atomic mass is 16.5. The minimum Gasteiger partial charge on any atom is -0.383 e. The molecule has 1 aromatic carbocycles. The first kappa shape index (κ1) is 18.1. The highest BCUT2D eigenvalue weighted by Gasteiger charge is 2.46. The van der Waals surface area contributed by atoms with Crippen LogP contribution in [-0.4, -0.2) is 59.0 Å². The number of fused-ring (bicyclic) bond motifs is 3. The average molecular weight is 391 g/mol. The van der Waals surface area contributed by atoms with E-state index in [9.17, 15) is 4.79 Å². The summed E-state index contributed by atoms with van der Waals surface area (Å²) in [5.41, 5.74) is 4.24. The summed E-state index contributed by atoms with van der Waals surface area (Å²) in [5, 5.41) is 8.91. The van der Waals surface area contributed by atoms with E-state index in [2.05, 4.69) is 33.2 Å². The van der Waals surface area contributed by atoms with E-state index in [1.165, 1.54) is 5.69 Å². The summed E-state index contributed by atoms with van der Waals surface area (Å²) in [4.78, 5) is 19.0. The van der Waals surface area contributed by atoms with Gasteiger partial charge in [-0.2, -0.15) is 5.10 Å². The molecule has 29 heavy (non-hydrogen) atoms. The molecule has 1 unspecified atom stereocenters. The number of urea groups is 1. The number of para-hydroxylation sites is 1. The van der Waals surface area contributed by atoms with E-state index in [4.69, 9.17) is 9.84 Å². The minimum atomic E-state index is -0.00385. The van der Waals surface area contributed by atoms with Gasteiger partial charge in [-0.05, 0) is 31.0 Å². The van der Waals surface area contributed by atoms with E-state index < -0.39 is 0 Å². The number of amides is 2. The maximum absolute atomic E-state index is 12.5. The molecule has 5 rings (SSSR count). The molecule has 2 amide bonds. The number of pyridine rings is 1. The molecule has 0 aliphatic carbocycles. The zero-order valence-electron chi connectivity index (χ0n) is 16.6. The number of hydrogen-bond donors (Lipinski definition) is 1. The molecule has 7 heteroatoms. The van der Waals surface area contributed by atoms with Crippen molar-refractivity contribution in [3.05, 3.63) is 48.3 Å². The molecule has 2 aromatic heterocycles. The van der Waals surface area contributed by atoms with Crippen LogP contribution in [0.15, 0.2) is 42.6 Å². The van der Waals surface area contributed by atoms with Crippen LogP contribution in [0.5, 0.6) is 0 Å². The predicted molar refractivity (Wildman–Crippen MR) is 111 cm³/mol. The molecule has 1 saturated heterocycles. The van der Waals surface area contributed by atoms with Gasteiger partial charge in [0.15, 0.2) is 0 Å². The van der Waals surface area contributed by atoms with Crippen molar-refractivity contribution in [1.29, 1.82) is 0 Å². The first-order chi connectivity index (χ1) is 14.2. The number of aromatic nitrogens is 3. The third kappa shape index (κ3) is 3.15. The summed E-state index contributed by atoms with van der Waals surface area (Å²) in [7, 11) is 1.64. The Bertz CT molecular complexity index is 1060. The Morgan fingerprint density at radius 1 is 1.24 bits per heavy atom. The SMILES string of the molecule is COCCNC(=O)N1CCC2(CCn3nc(-c4cnc5ccccc5c4)cc32)C1. The molecule has 1 spiro atoms. The quantitative estimate of drug-likeness (QED) is 0.694. The van der Waals surface area contributed by atoms with Gasteiger partial charge in [0.05, 0.1) is 17.8 Å². The first-order valence-corrected chi connectivity index (χ1v) is 10.1. The Morgan fingerprint density at radius 3 is 3.00 bits per heavy atom. The van der Waals surface area contributed by atoms with E-state index in [0.717, 1.165) is 54.6 Å². The Morgan fingerprint density at radius 2 is 2.10 bits per heavy atom. The van der Waals surface area contributed by atoms with Crippen molar-refractivity contribution in [3.63, 3.8) is 0 Å². The fourth-order valence-electron chi connectivity index (χ4n) is 4.65. The van der Waals surface area contributed by atoms with Crippen molar-refractivity contribution in [2.24, 2.45) is 0 Å². The second kappa shape index (κ2) is 7.15. The molecule has 0 saturated carbocycles. The molecule has 7 nitrogen and oxygen atoms in total. The lowest BCUT2D eigenvalue weighted by Crippen LogP contribution is -2.41. The van der Waals surface area contributed by atoms with Gasteiger partial charge in [0.1, 0.15) is 0 Å². The maximum atomic E-state index is 12.5. The topological polar surface area (TPSA) is 72.3 Å². The van der Waals surface area contributed by atoms with Gasteiger partial charge in [0.25, 0.3) is 0 Å². The lowest BCUT2D eigenvalue weighted by Gasteiger charge is -2.23. The molecule has 0 radical (unpaired) electrons. The molecule has 1 atom stereocenters. The van der Waals surface area contributed by atoms with E-state index in [1.807, 2.05) is 29.3 Å². The maximum Gasteiger partial charge on any atom is 0.317 e. The second-order valence-electron chi connectivity index (χ2n) is 7.98. The summed E-state index contributed by atoms with van der Waals surface area (Å²) >= 11 is 0. The van der Waals surface area contributed by atoms with Gasteiger partial charge < -0.3 is 15.0 Å². The standard InChI is InChI=1S/C22H25N5O2/c1-29-11-8-23-21(28)26-9-6-22(15-26)7-10-27-20(22)13-19(25-27)17-12-16-4-2-3-5-18(16)24-14-17/h2-5,12-14H,6-11,15H2,1H3,(H,23,28). The van der Waals surface area contributed by atoms with Gasteiger partial charge in [0, 0.05) is 61.5 Å². The fourth-order valence-corrected chi connectivity index (χ4v) is 4.65. The molecule has 2 aliphatic rings. The average Bonchev–Trinajstić information content (AvgIpc) is 3.45. The van der Waals surface area contributed by atoms with Crippen LogP contribution in [0.1, 0.15) is 18.5 Å². The second-order valence-corrected chi connectivity index (χ2v) is 7.98. The normalized spacial score (nSPS) is 20.5. The molecular formula is C22H25N5O2. The lowest BCUT2D eigenvalue weighted by molar-refractivity contribution is 0.183. The van der Waals surface area contributed by atoms with Crippen molar-refractivity contribution in [1.82, 2.24) is 25.0 Å². The van der Waals surface area contributed by atoms with Gasteiger partial charge in [0.2, 0.25) is 0 Å². The van der Waals surface area contributed by atoms with Gasteiger partial charge in [-0.1, -0.05) is 18.2 Å². The van der Waals surface area contributed by atoms with Gasteiger partial charge >= 0.3 is 6.03 Å². The minimum absolute atomic E-state index is 0.00385. The van der Waals surface area contributed by atoms with Crippen molar-refractivity contribution >= 4 is 16.9 Å². The molecule has 1 fully saturated rings. The highest BCUT2D eigenvalue weighted by Crippen LogP contribution is 2.43. The van der Waals surface area contributed by atoms with Crippen molar-refractivity contribution < 1.29 is 9.53 Å². The van der Waals surface area contributed by atoms with Crippen LogP contribution >= 0.6 is 0 Å². The van der Waals surface area contributed by atoms with Crippen LogP contribution in [0.3, 0.4) is 0 Å². The number of hydrogen-bond acceptors (Lipinski definition) is 4. The largest absolute Gasteiger partial charge is 0.383 e. The molecule has 150 valence electrons.